The first-order valence-electron chi connectivity index (χ1n) is 5.98. The molecule has 0 rings (SSSR count). The first kappa shape index (κ1) is 20.0. The Kier molecular flexibility index (Phi) is 13.8. The van der Waals surface area contributed by atoms with Gasteiger partial charge in [-0.2, -0.15) is 0 Å². The van der Waals surface area contributed by atoms with E-state index in [1.807, 2.05) is 13.8 Å². The molecule has 110 valence electrons. The fraction of sp³-hybridized carbons (Fsp3) is 0.538. The lowest BCUT2D eigenvalue weighted by Crippen LogP contribution is -2.27. The summed E-state index contributed by atoms with van der Waals surface area (Å²) in [6.07, 6.45) is 3.56. The molecule has 0 heterocycles. The molecule has 0 saturated carbocycles. The zero-order chi connectivity index (χ0) is 13.8. The molecule has 0 saturated heterocycles. The zero-order valence-electron chi connectivity index (χ0n) is 11.5. The average Bonchev–Trinajstić information content (AvgIpc) is 2.39. The molecule has 0 fully saturated rings. The van der Waals surface area contributed by atoms with Gasteiger partial charge in [0.25, 0.3) is 0 Å². The molecular formula is C13H22ClNO4. The third-order valence-electron chi connectivity index (χ3n) is 2.25. The van der Waals surface area contributed by atoms with Crippen molar-refractivity contribution in [2.24, 2.45) is 0 Å². The van der Waals surface area contributed by atoms with Crippen molar-refractivity contribution >= 4 is 24.3 Å². The van der Waals surface area contributed by atoms with Crippen molar-refractivity contribution in [3.63, 3.8) is 0 Å². The predicted octanol–water partition coefficient (Wildman–Crippen LogP) is 1.58. The number of nitrogens with zero attached hydrogens (tertiary/aromatic N) is 1. The van der Waals surface area contributed by atoms with E-state index in [1.54, 1.807) is 0 Å². The standard InChI is InChI=1S/C13H21NO4.ClH/c1-4-10-17-12(15)7-8-13(16)18-11-9-14(5-2)6-3;/h4,7-8H,1,5-6,9-11H2,2-3H3;1H. The van der Waals surface area contributed by atoms with Crippen molar-refractivity contribution in [3.05, 3.63) is 24.8 Å². The minimum Gasteiger partial charge on any atom is -0.461 e. The molecule has 5 nitrogen and oxygen atoms in total. The average molecular weight is 292 g/mol. The third-order valence-corrected chi connectivity index (χ3v) is 2.25. The summed E-state index contributed by atoms with van der Waals surface area (Å²) in [7, 11) is 0. The van der Waals surface area contributed by atoms with Gasteiger partial charge in [0.15, 0.2) is 0 Å². The molecule has 0 aliphatic rings. The highest BCUT2D eigenvalue weighted by atomic mass is 35.5. The van der Waals surface area contributed by atoms with Crippen molar-refractivity contribution < 1.29 is 19.1 Å². The molecule has 0 aliphatic carbocycles. The molecule has 0 radical (unpaired) electrons. The van der Waals surface area contributed by atoms with E-state index >= 15 is 0 Å². The number of halogens is 1. The van der Waals surface area contributed by atoms with E-state index in [4.69, 9.17) is 4.74 Å². The number of hydrogen-bond acceptors (Lipinski definition) is 5. The SMILES string of the molecule is C=CCOC(=O)C=CC(=O)OCCN(CC)CC.Cl. The van der Waals surface area contributed by atoms with Gasteiger partial charge in [-0.1, -0.05) is 26.5 Å². The molecule has 0 bridgehead atoms. The van der Waals surface area contributed by atoms with Gasteiger partial charge in [0.1, 0.15) is 13.2 Å². The highest BCUT2D eigenvalue weighted by molar-refractivity contribution is 5.91. The number of ether oxygens (including phenoxy) is 2. The van der Waals surface area contributed by atoms with Crippen LogP contribution in [0.25, 0.3) is 0 Å². The highest BCUT2D eigenvalue weighted by Gasteiger charge is 2.02. The fourth-order valence-electron chi connectivity index (χ4n) is 1.19. The maximum absolute atomic E-state index is 11.2. The van der Waals surface area contributed by atoms with Crippen molar-refractivity contribution in [2.45, 2.75) is 13.8 Å². The van der Waals surface area contributed by atoms with Gasteiger partial charge >= 0.3 is 11.9 Å². The molecule has 0 aromatic carbocycles. The Bertz CT molecular complexity index is 301. The molecule has 0 unspecified atom stereocenters. The quantitative estimate of drug-likeness (QED) is 0.367. The van der Waals surface area contributed by atoms with Crippen molar-refractivity contribution in [1.29, 1.82) is 0 Å². The van der Waals surface area contributed by atoms with Crippen LogP contribution in [0.15, 0.2) is 24.8 Å². The van der Waals surface area contributed by atoms with Gasteiger partial charge in [-0.05, 0) is 13.1 Å². The molecule has 19 heavy (non-hydrogen) atoms. The molecule has 0 N–H and O–H groups in total. The third kappa shape index (κ3) is 11.5. The summed E-state index contributed by atoms with van der Waals surface area (Å²) in [6, 6.07) is 0. The summed E-state index contributed by atoms with van der Waals surface area (Å²) in [5, 5.41) is 0. The summed E-state index contributed by atoms with van der Waals surface area (Å²) in [6.45, 7) is 10.4. The summed E-state index contributed by atoms with van der Waals surface area (Å²) < 4.78 is 9.59. The molecular weight excluding hydrogens is 270 g/mol. The molecule has 0 aromatic rings. The van der Waals surface area contributed by atoms with E-state index in [9.17, 15) is 9.59 Å². The van der Waals surface area contributed by atoms with E-state index in [1.165, 1.54) is 6.08 Å². The van der Waals surface area contributed by atoms with Crippen LogP contribution >= 0.6 is 12.4 Å². The van der Waals surface area contributed by atoms with Gasteiger partial charge in [0, 0.05) is 18.7 Å². The Balaban J connectivity index is 0. The lowest BCUT2D eigenvalue weighted by atomic mass is 10.5. The Hall–Kier alpha value is -1.33. The van der Waals surface area contributed by atoms with Crippen molar-refractivity contribution in [1.82, 2.24) is 4.90 Å². The van der Waals surface area contributed by atoms with E-state index in [0.717, 1.165) is 25.2 Å². The van der Waals surface area contributed by atoms with E-state index in [-0.39, 0.29) is 19.0 Å². The van der Waals surface area contributed by atoms with E-state index in [2.05, 4.69) is 16.2 Å². The fourth-order valence-corrected chi connectivity index (χ4v) is 1.19. The Morgan fingerprint density at radius 1 is 1.11 bits per heavy atom. The van der Waals surface area contributed by atoms with Crippen LogP contribution in [0.2, 0.25) is 0 Å². The van der Waals surface area contributed by atoms with Crippen molar-refractivity contribution in [2.75, 3.05) is 32.8 Å². The normalized spacial score (nSPS) is 10.1. The molecule has 0 aliphatic heterocycles. The van der Waals surface area contributed by atoms with Crippen LogP contribution in [0.4, 0.5) is 0 Å². The Morgan fingerprint density at radius 3 is 2.11 bits per heavy atom. The first-order chi connectivity index (χ1) is 8.63. The topological polar surface area (TPSA) is 55.8 Å². The maximum Gasteiger partial charge on any atom is 0.331 e. The highest BCUT2D eigenvalue weighted by Crippen LogP contribution is 1.89. The Morgan fingerprint density at radius 2 is 1.63 bits per heavy atom. The summed E-state index contributed by atoms with van der Waals surface area (Å²) in [4.78, 5) is 24.4. The summed E-state index contributed by atoms with van der Waals surface area (Å²) in [5.41, 5.74) is 0. The predicted molar refractivity (Wildman–Crippen MR) is 76.3 cm³/mol. The van der Waals surface area contributed by atoms with Crippen molar-refractivity contribution in [3.8, 4) is 0 Å². The van der Waals surface area contributed by atoms with E-state index in [0.29, 0.717) is 13.2 Å². The lowest BCUT2D eigenvalue weighted by Gasteiger charge is -2.16. The Labute approximate surface area is 120 Å². The van der Waals surface area contributed by atoms with Crippen LogP contribution in [-0.4, -0.2) is 49.7 Å². The minimum absolute atomic E-state index is 0. The van der Waals surface area contributed by atoms with Gasteiger partial charge in [0.05, 0.1) is 0 Å². The number of esters is 2. The number of rotatable bonds is 9. The van der Waals surface area contributed by atoms with Gasteiger partial charge < -0.3 is 14.4 Å². The second kappa shape index (κ2) is 13.1. The molecule has 0 spiro atoms. The number of carbonyl (C=O) groups is 2. The summed E-state index contributed by atoms with van der Waals surface area (Å²) >= 11 is 0. The van der Waals surface area contributed by atoms with Gasteiger partial charge in [-0.3, -0.25) is 0 Å². The monoisotopic (exact) mass is 291 g/mol. The van der Waals surface area contributed by atoms with Crippen LogP contribution in [0.3, 0.4) is 0 Å². The molecule has 0 aromatic heterocycles. The van der Waals surface area contributed by atoms with Crippen LogP contribution in [-0.2, 0) is 19.1 Å². The minimum atomic E-state index is -0.587. The summed E-state index contributed by atoms with van der Waals surface area (Å²) in [5.74, 6) is -1.13. The number of carbonyl (C=O) groups excluding carboxylic acids is 2. The smallest absolute Gasteiger partial charge is 0.331 e. The number of likely N-dealkylation sites (N-methyl/N-ethyl adjacent to an activating group) is 1. The maximum atomic E-state index is 11.2. The number of hydrogen-bond donors (Lipinski definition) is 0. The van der Waals surface area contributed by atoms with Gasteiger partial charge in [0.2, 0.25) is 0 Å². The largest absolute Gasteiger partial charge is 0.461 e. The second-order valence-corrected chi connectivity index (χ2v) is 3.45. The first-order valence-corrected chi connectivity index (χ1v) is 5.98. The molecule has 0 amide bonds. The van der Waals surface area contributed by atoms with E-state index < -0.39 is 11.9 Å². The van der Waals surface area contributed by atoms with Gasteiger partial charge in [-0.25, -0.2) is 9.59 Å². The van der Waals surface area contributed by atoms with Crippen LogP contribution in [0, 0.1) is 0 Å². The lowest BCUT2D eigenvalue weighted by molar-refractivity contribution is -0.140. The molecule has 0 atom stereocenters. The second-order valence-electron chi connectivity index (χ2n) is 3.45. The van der Waals surface area contributed by atoms with Crippen LogP contribution < -0.4 is 0 Å². The zero-order valence-corrected chi connectivity index (χ0v) is 12.3. The van der Waals surface area contributed by atoms with Gasteiger partial charge in [-0.15, -0.1) is 12.4 Å². The molecule has 6 heteroatoms. The van der Waals surface area contributed by atoms with Crippen LogP contribution in [0.1, 0.15) is 13.8 Å². The van der Waals surface area contributed by atoms with Crippen LogP contribution in [0.5, 0.6) is 0 Å².